The molecular formula is C28H26OS2. The molecule has 0 atom stereocenters. The monoisotopic (exact) mass is 442 g/mol. The van der Waals surface area contributed by atoms with Gasteiger partial charge in [-0.05, 0) is 95.0 Å². The zero-order valence-electron chi connectivity index (χ0n) is 18.0. The summed E-state index contributed by atoms with van der Waals surface area (Å²) in [6.45, 7) is 3.79. The Kier molecular flexibility index (Phi) is 6.35. The third-order valence-corrected chi connectivity index (χ3v) is 10.3. The second-order valence-electron chi connectivity index (χ2n) is 7.65. The van der Waals surface area contributed by atoms with Gasteiger partial charge in [-0.2, -0.15) is 10.0 Å². The molecule has 4 aromatic carbocycles. The average molecular weight is 443 g/mol. The molecule has 0 saturated heterocycles. The van der Waals surface area contributed by atoms with Gasteiger partial charge in [0.25, 0.3) is 0 Å². The number of hydrogen-bond donors (Lipinski definition) is 0. The first-order valence-electron chi connectivity index (χ1n) is 10.3. The van der Waals surface area contributed by atoms with Crippen LogP contribution in [0.3, 0.4) is 0 Å². The van der Waals surface area contributed by atoms with Crippen LogP contribution < -0.4 is 0 Å². The molecular weight excluding hydrogens is 416 g/mol. The lowest BCUT2D eigenvalue weighted by Crippen LogP contribution is -2.02. The number of hydrogen-bond acceptors (Lipinski definition) is 2. The maximum Gasteiger partial charge on any atom is 0.159 e. The van der Waals surface area contributed by atoms with E-state index in [2.05, 4.69) is 92.0 Å². The molecule has 0 amide bonds. The van der Waals surface area contributed by atoms with Gasteiger partial charge >= 0.3 is 0 Å². The molecule has 4 rings (SSSR count). The van der Waals surface area contributed by atoms with Crippen molar-refractivity contribution in [3.05, 3.63) is 114 Å². The standard InChI is InChI=1S/C28H26OS2/c1-21-20-27(18-19-28(21)30-24-16-14-23(15-17-24)22(2)29)31(3,25-10-6-4-7-11-25)26-12-8-5-9-13-26/h4-20H,1-3H3. The van der Waals surface area contributed by atoms with Crippen molar-refractivity contribution < 1.29 is 4.79 Å². The first kappa shape index (κ1) is 21.5. The van der Waals surface area contributed by atoms with E-state index in [4.69, 9.17) is 0 Å². The van der Waals surface area contributed by atoms with Crippen LogP contribution in [0.15, 0.2) is 128 Å². The average Bonchev–Trinajstić information content (AvgIpc) is 2.81. The van der Waals surface area contributed by atoms with Crippen LogP contribution in [0.1, 0.15) is 22.8 Å². The summed E-state index contributed by atoms with van der Waals surface area (Å²) in [6.07, 6.45) is 2.39. The molecule has 0 bridgehead atoms. The summed E-state index contributed by atoms with van der Waals surface area (Å²) in [4.78, 5) is 18.0. The highest BCUT2D eigenvalue weighted by Gasteiger charge is 2.26. The van der Waals surface area contributed by atoms with Crippen molar-refractivity contribution >= 4 is 27.6 Å². The third-order valence-electron chi connectivity index (χ3n) is 5.54. The lowest BCUT2D eigenvalue weighted by molar-refractivity contribution is 0.101. The van der Waals surface area contributed by atoms with Gasteiger partial charge in [-0.3, -0.25) is 4.79 Å². The summed E-state index contributed by atoms with van der Waals surface area (Å²) < 4.78 is 0. The Morgan fingerprint density at radius 1 is 0.710 bits per heavy atom. The SMILES string of the molecule is CC(=O)c1ccc(Sc2ccc(S(C)(c3ccccc3)c3ccccc3)cc2C)cc1. The summed E-state index contributed by atoms with van der Waals surface area (Å²) in [5.74, 6) is 0.0983. The lowest BCUT2D eigenvalue weighted by atomic mass is 10.2. The summed E-state index contributed by atoms with van der Waals surface area (Å²) in [5, 5.41) is 0. The zero-order valence-corrected chi connectivity index (χ0v) is 19.7. The van der Waals surface area contributed by atoms with Crippen LogP contribution in [0.5, 0.6) is 0 Å². The van der Waals surface area contributed by atoms with Crippen molar-refractivity contribution in [2.24, 2.45) is 0 Å². The molecule has 0 aromatic heterocycles. The van der Waals surface area contributed by atoms with Crippen LogP contribution in [-0.4, -0.2) is 12.0 Å². The van der Waals surface area contributed by atoms with E-state index in [0.29, 0.717) is 0 Å². The first-order chi connectivity index (χ1) is 15.0. The smallest absolute Gasteiger partial charge is 0.159 e. The fourth-order valence-corrected chi connectivity index (χ4v) is 7.52. The van der Waals surface area contributed by atoms with Crippen LogP contribution in [0.2, 0.25) is 0 Å². The number of rotatable bonds is 6. The molecule has 0 unspecified atom stereocenters. The van der Waals surface area contributed by atoms with Gasteiger partial charge in [-0.15, -0.1) is 0 Å². The van der Waals surface area contributed by atoms with Gasteiger partial charge < -0.3 is 0 Å². The Bertz CT molecular complexity index is 1140. The largest absolute Gasteiger partial charge is 0.295 e. The molecule has 156 valence electrons. The number of carbonyl (C=O) groups excluding carboxylic acids is 1. The molecule has 0 aliphatic heterocycles. The number of aryl methyl sites for hydroxylation is 1. The second kappa shape index (κ2) is 9.17. The van der Waals surface area contributed by atoms with Crippen LogP contribution >= 0.6 is 21.8 Å². The molecule has 0 heterocycles. The van der Waals surface area contributed by atoms with Crippen molar-refractivity contribution in [2.45, 2.75) is 38.3 Å². The topological polar surface area (TPSA) is 17.1 Å². The van der Waals surface area contributed by atoms with Crippen LogP contribution in [-0.2, 0) is 0 Å². The second-order valence-corrected chi connectivity index (χ2v) is 12.0. The quantitative estimate of drug-likeness (QED) is 0.280. The van der Waals surface area contributed by atoms with Gasteiger partial charge in [0, 0.05) is 15.4 Å². The predicted molar refractivity (Wildman–Crippen MR) is 133 cm³/mol. The van der Waals surface area contributed by atoms with Crippen molar-refractivity contribution in [1.29, 1.82) is 0 Å². The molecule has 31 heavy (non-hydrogen) atoms. The normalized spacial score (nSPS) is 11.8. The summed E-state index contributed by atoms with van der Waals surface area (Å²) in [6, 6.07) is 36.4. The van der Waals surface area contributed by atoms with E-state index < -0.39 is 10.0 Å². The molecule has 0 fully saturated rings. The molecule has 0 N–H and O–H groups in total. The van der Waals surface area contributed by atoms with E-state index in [1.54, 1.807) is 18.7 Å². The van der Waals surface area contributed by atoms with Crippen molar-refractivity contribution in [3.8, 4) is 0 Å². The highest BCUT2D eigenvalue weighted by Crippen LogP contribution is 2.65. The Hall–Kier alpha value is -2.75. The predicted octanol–water partition coefficient (Wildman–Crippen LogP) is 8.26. The molecule has 0 aliphatic rings. The van der Waals surface area contributed by atoms with Gasteiger partial charge in [-0.1, -0.05) is 60.3 Å². The molecule has 3 heteroatoms. The summed E-state index contributed by atoms with van der Waals surface area (Å²) >= 11 is 1.74. The van der Waals surface area contributed by atoms with Crippen LogP contribution in [0.4, 0.5) is 0 Å². The van der Waals surface area contributed by atoms with E-state index in [9.17, 15) is 4.79 Å². The summed E-state index contributed by atoms with van der Waals surface area (Å²) in [5.41, 5.74) is 2.02. The maximum atomic E-state index is 11.5. The molecule has 4 aromatic rings. The maximum absolute atomic E-state index is 11.5. The number of carbonyl (C=O) groups is 1. The minimum absolute atomic E-state index is 0.0983. The van der Waals surface area contributed by atoms with Gasteiger partial charge in [-0.25, -0.2) is 0 Å². The van der Waals surface area contributed by atoms with Crippen LogP contribution in [0, 0.1) is 6.92 Å². The number of benzene rings is 4. The van der Waals surface area contributed by atoms with E-state index >= 15 is 0 Å². The Balaban J connectivity index is 1.71. The van der Waals surface area contributed by atoms with E-state index in [0.717, 1.165) is 10.5 Å². The van der Waals surface area contributed by atoms with Crippen molar-refractivity contribution in [1.82, 2.24) is 0 Å². The molecule has 0 saturated carbocycles. The van der Waals surface area contributed by atoms with E-state index in [1.807, 2.05) is 24.3 Å². The fourth-order valence-electron chi connectivity index (χ4n) is 3.67. The zero-order chi connectivity index (χ0) is 21.8. The van der Waals surface area contributed by atoms with Gasteiger partial charge in [0.2, 0.25) is 0 Å². The first-order valence-corrected chi connectivity index (χ1v) is 13.1. The number of ketones is 1. The molecule has 0 radical (unpaired) electrons. The lowest BCUT2D eigenvalue weighted by Gasteiger charge is -2.38. The summed E-state index contributed by atoms with van der Waals surface area (Å²) in [7, 11) is -1.35. The minimum Gasteiger partial charge on any atom is -0.295 e. The fraction of sp³-hybridized carbons (Fsp3) is 0.107. The van der Waals surface area contributed by atoms with E-state index in [-0.39, 0.29) is 5.78 Å². The van der Waals surface area contributed by atoms with Crippen molar-refractivity contribution in [2.75, 3.05) is 6.26 Å². The van der Waals surface area contributed by atoms with Crippen molar-refractivity contribution in [3.63, 3.8) is 0 Å². The van der Waals surface area contributed by atoms with Gasteiger partial charge in [0.1, 0.15) is 0 Å². The van der Waals surface area contributed by atoms with Crippen LogP contribution in [0.25, 0.3) is 0 Å². The highest BCUT2D eigenvalue weighted by molar-refractivity contribution is 8.33. The molecule has 1 nitrogen and oxygen atoms in total. The molecule has 0 aliphatic carbocycles. The van der Waals surface area contributed by atoms with Gasteiger partial charge in [0.05, 0.1) is 0 Å². The Morgan fingerprint density at radius 2 is 1.26 bits per heavy atom. The van der Waals surface area contributed by atoms with Gasteiger partial charge in [0.15, 0.2) is 5.78 Å². The van der Waals surface area contributed by atoms with E-state index in [1.165, 1.54) is 25.1 Å². The minimum atomic E-state index is -1.35. The Morgan fingerprint density at radius 3 is 1.74 bits per heavy atom. The number of Topliss-reactive ketones (excluding diaryl/α,β-unsaturated/α-hetero) is 1. The highest BCUT2D eigenvalue weighted by atomic mass is 32.3. The third kappa shape index (κ3) is 4.48. The Labute approximate surface area is 190 Å². The molecule has 0 spiro atoms.